The zero-order valence-corrected chi connectivity index (χ0v) is 16.5. The van der Waals surface area contributed by atoms with Crippen LogP contribution in [0.1, 0.15) is 0 Å². The molecule has 0 fully saturated rings. The van der Waals surface area contributed by atoms with Gasteiger partial charge in [0.25, 0.3) is 0 Å². The fourth-order valence-electron chi connectivity index (χ4n) is 2.73. The summed E-state index contributed by atoms with van der Waals surface area (Å²) < 4.78 is 5.71. The van der Waals surface area contributed by atoms with Crippen molar-refractivity contribution in [2.45, 2.75) is 11.4 Å². The van der Waals surface area contributed by atoms with Gasteiger partial charge in [0.2, 0.25) is 0 Å². The summed E-state index contributed by atoms with van der Waals surface area (Å²) in [6.07, 6.45) is 7.91. The molecule has 0 aliphatic carbocycles. The highest BCUT2D eigenvalue weighted by Gasteiger charge is 2.25. The van der Waals surface area contributed by atoms with Crippen molar-refractivity contribution in [3.8, 4) is 0 Å². The van der Waals surface area contributed by atoms with Gasteiger partial charge in [0.05, 0.1) is 28.0 Å². The van der Waals surface area contributed by atoms with Crippen molar-refractivity contribution in [3.63, 3.8) is 0 Å². The van der Waals surface area contributed by atoms with Gasteiger partial charge < -0.3 is 4.57 Å². The summed E-state index contributed by atoms with van der Waals surface area (Å²) in [6.45, 7) is 0.792. The van der Waals surface area contributed by atoms with Crippen molar-refractivity contribution in [2.75, 3.05) is 4.31 Å². The van der Waals surface area contributed by atoms with Crippen LogP contribution in [-0.2, 0) is 6.54 Å². The molecule has 2 aromatic carbocycles. The zero-order valence-electron chi connectivity index (χ0n) is 13.3. The van der Waals surface area contributed by atoms with E-state index >= 15 is 0 Å². The van der Waals surface area contributed by atoms with Gasteiger partial charge in [-0.05, 0) is 56.9 Å². The molecule has 6 heteroatoms. The average Bonchev–Trinajstić information content (AvgIpc) is 3.24. The lowest BCUT2D eigenvalue weighted by atomic mass is 10.3. The van der Waals surface area contributed by atoms with Gasteiger partial charge in [-0.25, -0.2) is 4.98 Å². The average molecular weight is 435 g/mol. The Hall–Kier alpha value is -1.82. The molecular weight excluding hydrogens is 418 g/mol. The highest BCUT2D eigenvalue weighted by Crippen LogP contribution is 2.45. The lowest BCUT2D eigenvalue weighted by molar-refractivity contribution is 0.777. The van der Waals surface area contributed by atoms with Crippen LogP contribution in [0.2, 0.25) is 0 Å². The van der Waals surface area contributed by atoms with E-state index in [0.29, 0.717) is 0 Å². The van der Waals surface area contributed by atoms with E-state index in [0.717, 1.165) is 6.54 Å². The molecule has 3 nitrogen and oxygen atoms in total. The van der Waals surface area contributed by atoms with Crippen molar-refractivity contribution in [1.29, 1.82) is 0 Å². The third-order valence-electron chi connectivity index (χ3n) is 3.77. The van der Waals surface area contributed by atoms with E-state index < -0.39 is 0 Å². The number of rotatable bonds is 4. The second-order valence-electron chi connectivity index (χ2n) is 5.40. The molecule has 1 aliphatic heterocycles. The van der Waals surface area contributed by atoms with E-state index in [1.807, 2.05) is 18.7 Å². The van der Waals surface area contributed by atoms with Gasteiger partial charge in [-0.15, -0.1) is 12.4 Å². The lowest BCUT2D eigenvalue weighted by Gasteiger charge is -2.27. The number of anilines is 1. The van der Waals surface area contributed by atoms with Crippen LogP contribution in [0.4, 0.5) is 5.69 Å². The first-order valence-electron chi connectivity index (χ1n) is 7.66. The van der Waals surface area contributed by atoms with Gasteiger partial charge in [0, 0.05) is 17.3 Å². The molecule has 0 spiro atoms. The number of aromatic nitrogens is 2. The predicted molar refractivity (Wildman–Crippen MR) is 113 cm³/mol. The van der Waals surface area contributed by atoms with Gasteiger partial charge in [-0.3, -0.25) is 4.31 Å². The molecule has 0 saturated carbocycles. The number of para-hydroxylation sites is 1. The quantitative estimate of drug-likeness (QED) is 0.400. The minimum atomic E-state index is -0.175. The fourth-order valence-corrected chi connectivity index (χ4v) is 5.94. The van der Waals surface area contributed by atoms with Crippen molar-refractivity contribution in [3.05, 3.63) is 91.2 Å². The Morgan fingerprint density at radius 2 is 1.64 bits per heavy atom. The van der Waals surface area contributed by atoms with Crippen molar-refractivity contribution >= 4 is 48.5 Å². The molecule has 0 saturated heterocycles. The molecule has 128 valence electrons. The molecule has 25 heavy (non-hydrogen) atoms. The third-order valence-corrected chi connectivity index (χ3v) is 6.93. The molecule has 0 amide bonds. The molecule has 4 rings (SSSR count). The number of hydrogen-bond donors (Lipinski definition) is 0. The second kappa shape index (κ2) is 8.04. The number of nitrogens with zero attached hydrogens (tertiary/aromatic N) is 3. The molecule has 0 N–H and O–H groups in total. The summed E-state index contributed by atoms with van der Waals surface area (Å²) in [5, 5.41) is 0. The van der Waals surface area contributed by atoms with Crippen molar-refractivity contribution < 1.29 is 0 Å². The summed E-state index contributed by atoms with van der Waals surface area (Å²) in [4.78, 5) is 5.46. The van der Waals surface area contributed by atoms with Gasteiger partial charge in [-0.1, -0.05) is 36.4 Å². The summed E-state index contributed by atoms with van der Waals surface area (Å²) in [5.41, 5.74) is 2.45. The van der Waals surface area contributed by atoms with Crippen molar-refractivity contribution in [1.82, 2.24) is 9.55 Å². The minimum absolute atomic E-state index is 0. The normalized spacial score (nSPS) is 16.5. The fraction of sp³-hybridized carbons (Fsp3) is 0.0526. The Morgan fingerprint density at radius 3 is 2.28 bits per heavy atom. The molecule has 1 aromatic heterocycles. The molecular formula is C19H17BrClN3S. The molecule has 0 radical (unpaired) electrons. The molecule has 2 heterocycles. The summed E-state index contributed by atoms with van der Waals surface area (Å²) in [5.74, 6) is 0. The molecule has 1 atom stereocenters. The van der Waals surface area contributed by atoms with Crippen molar-refractivity contribution in [2.24, 2.45) is 0 Å². The van der Waals surface area contributed by atoms with E-state index in [4.69, 9.17) is 0 Å². The van der Waals surface area contributed by atoms with Crippen LogP contribution < -0.4 is 4.31 Å². The van der Waals surface area contributed by atoms with E-state index in [1.165, 1.54) is 20.1 Å². The standard InChI is InChI=1S/C19H16BrN3S.ClH/c20-19-13-17(14-22-12-11-21-15-22)23(16-7-3-1-4-8-16)24(19)18-9-5-2-6-10-18;/h1-13,15H,14H2;1H. The molecule has 0 bridgehead atoms. The van der Waals surface area contributed by atoms with Crippen LogP contribution in [0.25, 0.3) is 0 Å². The van der Waals surface area contributed by atoms with Crippen LogP contribution >= 0.6 is 39.0 Å². The zero-order chi connectivity index (χ0) is 16.4. The Morgan fingerprint density at radius 1 is 0.960 bits per heavy atom. The molecule has 1 aliphatic rings. The highest BCUT2D eigenvalue weighted by molar-refractivity contribution is 9.20. The van der Waals surface area contributed by atoms with Crippen LogP contribution in [0.5, 0.6) is 0 Å². The first kappa shape index (κ1) is 18.0. The number of imidazole rings is 1. The van der Waals surface area contributed by atoms with E-state index in [-0.39, 0.29) is 23.1 Å². The van der Waals surface area contributed by atoms with E-state index in [9.17, 15) is 0 Å². The summed E-state index contributed by atoms with van der Waals surface area (Å²) in [6, 6.07) is 21.2. The maximum absolute atomic E-state index is 4.16. The highest BCUT2D eigenvalue weighted by atomic mass is 79.9. The largest absolute Gasteiger partial charge is 0.332 e. The maximum Gasteiger partial charge on any atom is 0.0949 e. The summed E-state index contributed by atoms with van der Waals surface area (Å²) >= 11 is 3.81. The Labute approximate surface area is 164 Å². The second-order valence-corrected chi connectivity index (χ2v) is 8.63. The minimum Gasteiger partial charge on any atom is -0.332 e. The molecule has 3 aromatic rings. The number of hydrogen-bond acceptors (Lipinski definition) is 2. The monoisotopic (exact) mass is 433 g/mol. The van der Waals surface area contributed by atoms with E-state index in [2.05, 4.69) is 96.5 Å². The Bertz CT molecular complexity index is 893. The number of halogens is 2. The third kappa shape index (κ3) is 3.73. The maximum atomic E-state index is 4.16. The topological polar surface area (TPSA) is 21.1 Å². The number of allylic oxidation sites excluding steroid dienone is 2. The van der Waals surface area contributed by atoms with Crippen LogP contribution in [0, 0.1) is 0 Å². The lowest BCUT2D eigenvalue weighted by Crippen LogP contribution is -2.17. The van der Waals surface area contributed by atoms with Crippen LogP contribution in [-0.4, -0.2) is 13.3 Å². The Kier molecular flexibility index (Phi) is 5.78. The van der Waals surface area contributed by atoms with E-state index in [1.54, 1.807) is 0 Å². The first-order chi connectivity index (χ1) is 11.8. The SMILES string of the molecule is BrC1=S(c2ccccc2)N(c2ccccc2)C(Cn2ccnc2)=C1.Cl. The van der Waals surface area contributed by atoms with Gasteiger partial charge in [0.1, 0.15) is 0 Å². The number of benzene rings is 2. The van der Waals surface area contributed by atoms with Crippen LogP contribution in [0.3, 0.4) is 0 Å². The van der Waals surface area contributed by atoms with Gasteiger partial charge in [0.15, 0.2) is 0 Å². The van der Waals surface area contributed by atoms with Crippen LogP contribution in [0.15, 0.2) is 96.1 Å². The Balaban J connectivity index is 0.00000182. The smallest absolute Gasteiger partial charge is 0.0949 e. The van der Waals surface area contributed by atoms with Gasteiger partial charge in [-0.2, -0.15) is 0 Å². The first-order valence-corrected chi connectivity index (χ1v) is 9.64. The summed E-state index contributed by atoms with van der Waals surface area (Å²) in [7, 11) is -0.175. The predicted octanol–water partition coefficient (Wildman–Crippen LogP) is 5.48. The van der Waals surface area contributed by atoms with Gasteiger partial charge >= 0.3 is 0 Å². The molecule has 1 unspecified atom stereocenters.